The van der Waals surface area contributed by atoms with Gasteiger partial charge in [-0.25, -0.2) is 0 Å². The average molecular weight is 303 g/mol. The van der Waals surface area contributed by atoms with Crippen molar-refractivity contribution in [2.24, 2.45) is 0 Å². The number of rotatable bonds is 6. The molecule has 2 N–H and O–H groups in total. The smallest absolute Gasteiger partial charge is 0.266 e. The Morgan fingerprint density at radius 3 is 2.95 bits per heavy atom. The molecule has 3 rings (SSSR count). The van der Waals surface area contributed by atoms with E-state index in [1.165, 1.54) is 0 Å². The highest BCUT2D eigenvalue weighted by Gasteiger charge is 2.16. The van der Waals surface area contributed by atoms with Crippen LogP contribution in [0.5, 0.6) is 0 Å². The number of hydrogen-bond donors (Lipinski definition) is 2. The highest BCUT2D eigenvalue weighted by atomic mass is 16.5. The first-order valence-corrected chi connectivity index (χ1v) is 7.47. The van der Waals surface area contributed by atoms with Crippen LogP contribution >= 0.6 is 0 Å². The van der Waals surface area contributed by atoms with Crippen LogP contribution in [0.4, 0.5) is 5.88 Å². The molecule has 7 nitrogen and oxygen atoms in total. The van der Waals surface area contributed by atoms with E-state index in [0.29, 0.717) is 17.5 Å². The summed E-state index contributed by atoms with van der Waals surface area (Å²) in [5, 5.41) is 12.3. The van der Waals surface area contributed by atoms with E-state index >= 15 is 0 Å². The molecule has 2 aromatic heterocycles. The van der Waals surface area contributed by atoms with Gasteiger partial charge in [0.05, 0.1) is 26.0 Å². The molecular weight excluding hydrogens is 284 g/mol. The van der Waals surface area contributed by atoms with Crippen LogP contribution in [-0.2, 0) is 4.74 Å². The maximum Gasteiger partial charge on any atom is 0.266 e. The van der Waals surface area contributed by atoms with Gasteiger partial charge in [0.1, 0.15) is 19.2 Å². The third kappa shape index (κ3) is 3.47. The fourth-order valence-corrected chi connectivity index (χ4v) is 2.47. The molecule has 0 aliphatic carbocycles. The zero-order valence-electron chi connectivity index (χ0n) is 12.3. The summed E-state index contributed by atoms with van der Waals surface area (Å²) in [6.45, 7) is 5.64. The zero-order valence-corrected chi connectivity index (χ0v) is 12.3. The van der Waals surface area contributed by atoms with Crippen LogP contribution in [-0.4, -0.2) is 44.4 Å². The fourth-order valence-electron chi connectivity index (χ4n) is 2.47. The number of furan rings is 1. The molecular formula is C15H19N4O3+. The number of hydrogen-bond acceptors (Lipinski definition) is 6. The summed E-state index contributed by atoms with van der Waals surface area (Å²) in [6.07, 6.45) is 2.54. The van der Waals surface area contributed by atoms with Crippen molar-refractivity contribution in [3.8, 4) is 17.7 Å². The first-order chi connectivity index (χ1) is 10.9. The summed E-state index contributed by atoms with van der Waals surface area (Å²) in [5.74, 6) is 1.25. The summed E-state index contributed by atoms with van der Waals surface area (Å²) in [5.41, 5.74) is 0.255. The predicted molar refractivity (Wildman–Crippen MR) is 78.4 cm³/mol. The number of quaternary nitrogens is 1. The summed E-state index contributed by atoms with van der Waals surface area (Å²) >= 11 is 0. The van der Waals surface area contributed by atoms with E-state index in [4.69, 9.17) is 18.8 Å². The molecule has 1 aliphatic heterocycles. The standard InChI is InChI=1S/C15H18N4O3/c16-11-12-14(22-15(18-12)13-3-1-8-21-13)17-4-2-5-19-6-9-20-10-7-19/h1,3,8,17H,2,4-7,9-10H2/p+1. The van der Waals surface area contributed by atoms with Crippen molar-refractivity contribution >= 4 is 5.88 Å². The Kier molecular flexibility index (Phi) is 4.73. The zero-order chi connectivity index (χ0) is 15.2. The molecule has 1 aliphatic rings. The second-order valence-corrected chi connectivity index (χ2v) is 5.18. The normalized spacial score (nSPS) is 15.6. The van der Waals surface area contributed by atoms with Crippen molar-refractivity contribution in [2.45, 2.75) is 6.42 Å². The van der Waals surface area contributed by atoms with E-state index in [1.807, 2.05) is 6.07 Å². The van der Waals surface area contributed by atoms with Gasteiger partial charge in [-0.2, -0.15) is 10.2 Å². The number of nitriles is 1. The third-order valence-corrected chi connectivity index (χ3v) is 3.66. The molecule has 0 spiro atoms. The van der Waals surface area contributed by atoms with Gasteiger partial charge in [0.2, 0.25) is 11.6 Å². The Morgan fingerprint density at radius 2 is 2.23 bits per heavy atom. The lowest BCUT2D eigenvalue weighted by atomic mass is 10.3. The molecule has 0 unspecified atom stereocenters. The van der Waals surface area contributed by atoms with Gasteiger partial charge in [-0.3, -0.25) is 0 Å². The number of ether oxygens (including phenoxy) is 1. The SMILES string of the molecule is N#Cc1nc(-c2ccco2)oc1NCCC[NH+]1CCOCC1. The summed E-state index contributed by atoms with van der Waals surface area (Å²) in [4.78, 5) is 5.69. The number of oxazole rings is 1. The van der Waals surface area contributed by atoms with Crippen LogP contribution < -0.4 is 10.2 Å². The summed E-state index contributed by atoms with van der Waals surface area (Å²) in [6, 6.07) is 5.54. The van der Waals surface area contributed by atoms with Gasteiger partial charge in [-0.15, -0.1) is 0 Å². The Labute approximate surface area is 128 Å². The van der Waals surface area contributed by atoms with Crippen LogP contribution in [0, 0.1) is 11.3 Å². The van der Waals surface area contributed by atoms with Crippen molar-refractivity contribution < 1.29 is 18.5 Å². The highest BCUT2D eigenvalue weighted by Crippen LogP contribution is 2.25. The second kappa shape index (κ2) is 7.11. The lowest BCUT2D eigenvalue weighted by Crippen LogP contribution is -3.14. The van der Waals surface area contributed by atoms with Crippen LogP contribution in [0.2, 0.25) is 0 Å². The number of nitrogens with zero attached hydrogens (tertiary/aromatic N) is 2. The fraction of sp³-hybridized carbons (Fsp3) is 0.467. The van der Waals surface area contributed by atoms with Crippen LogP contribution in [0.1, 0.15) is 12.1 Å². The van der Waals surface area contributed by atoms with Gasteiger partial charge in [0.15, 0.2) is 5.76 Å². The van der Waals surface area contributed by atoms with Crippen LogP contribution in [0.3, 0.4) is 0 Å². The van der Waals surface area contributed by atoms with Gasteiger partial charge in [0, 0.05) is 13.0 Å². The molecule has 0 radical (unpaired) electrons. The lowest BCUT2D eigenvalue weighted by molar-refractivity contribution is -0.908. The molecule has 0 bridgehead atoms. The Morgan fingerprint density at radius 1 is 1.36 bits per heavy atom. The number of nitrogens with one attached hydrogen (secondary N) is 2. The summed E-state index contributed by atoms with van der Waals surface area (Å²) in [7, 11) is 0. The minimum atomic E-state index is 0.255. The van der Waals surface area contributed by atoms with E-state index in [9.17, 15) is 0 Å². The maximum absolute atomic E-state index is 9.13. The predicted octanol–water partition coefficient (Wildman–Crippen LogP) is 0.523. The topological polar surface area (TPSA) is 88.7 Å². The van der Waals surface area contributed by atoms with E-state index < -0.39 is 0 Å². The molecule has 0 amide bonds. The van der Waals surface area contributed by atoms with Crippen LogP contribution in [0.15, 0.2) is 27.2 Å². The largest absolute Gasteiger partial charge is 0.459 e. The van der Waals surface area contributed by atoms with E-state index in [1.54, 1.807) is 23.3 Å². The van der Waals surface area contributed by atoms with Gasteiger partial charge in [0.25, 0.3) is 5.89 Å². The van der Waals surface area contributed by atoms with Gasteiger partial charge in [-0.05, 0) is 12.1 Å². The minimum absolute atomic E-state index is 0.255. The van der Waals surface area contributed by atoms with Crippen molar-refractivity contribution in [2.75, 3.05) is 44.7 Å². The monoisotopic (exact) mass is 303 g/mol. The maximum atomic E-state index is 9.13. The molecule has 116 valence electrons. The van der Waals surface area contributed by atoms with Gasteiger partial charge >= 0.3 is 0 Å². The van der Waals surface area contributed by atoms with Crippen LogP contribution in [0.25, 0.3) is 11.7 Å². The summed E-state index contributed by atoms with van der Waals surface area (Å²) < 4.78 is 16.1. The molecule has 0 aromatic carbocycles. The number of anilines is 1. The van der Waals surface area contributed by atoms with E-state index in [-0.39, 0.29) is 5.69 Å². The molecule has 3 heterocycles. The molecule has 7 heteroatoms. The molecule has 0 atom stereocenters. The molecule has 2 aromatic rings. The number of morpholine rings is 1. The Balaban J connectivity index is 1.52. The minimum Gasteiger partial charge on any atom is -0.459 e. The highest BCUT2D eigenvalue weighted by molar-refractivity contribution is 5.54. The van der Waals surface area contributed by atoms with E-state index in [0.717, 1.165) is 45.8 Å². The third-order valence-electron chi connectivity index (χ3n) is 3.66. The first-order valence-electron chi connectivity index (χ1n) is 7.47. The number of aromatic nitrogens is 1. The molecule has 22 heavy (non-hydrogen) atoms. The molecule has 1 saturated heterocycles. The van der Waals surface area contributed by atoms with Crippen molar-refractivity contribution in [3.05, 3.63) is 24.1 Å². The van der Waals surface area contributed by atoms with Gasteiger partial charge in [-0.1, -0.05) is 0 Å². The first kappa shape index (κ1) is 14.6. The second-order valence-electron chi connectivity index (χ2n) is 5.18. The lowest BCUT2D eigenvalue weighted by Gasteiger charge is -2.23. The quantitative estimate of drug-likeness (QED) is 0.757. The Bertz CT molecular complexity index is 624. The Hall–Kier alpha value is -2.30. The van der Waals surface area contributed by atoms with Crippen molar-refractivity contribution in [1.29, 1.82) is 5.26 Å². The molecule has 1 fully saturated rings. The van der Waals surface area contributed by atoms with Crippen molar-refractivity contribution in [3.63, 3.8) is 0 Å². The van der Waals surface area contributed by atoms with E-state index in [2.05, 4.69) is 10.3 Å². The van der Waals surface area contributed by atoms with Gasteiger partial charge < -0.3 is 23.8 Å². The van der Waals surface area contributed by atoms with Crippen molar-refractivity contribution in [1.82, 2.24) is 4.98 Å². The molecule has 0 saturated carbocycles. The average Bonchev–Trinajstić information content (AvgIpc) is 3.21.